The summed E-state index contributed by atoms with van der Waals surface area (Å²) in [4.78, 5) is 13.0. The van der Waals surface area contributed by atoms with Crippen LogP contribution >= 0.6 is 11.3 Å². The normalized spacial score (nSPS) is 10.3. The molecule has 0 atom stereocenters. The molecule has 5 heteroatoms. The molecule has 0 aliphatic carbocycles. The number of benzene rings is 2. The summed E-state index contributed by atoms with van der Waals surface area (Å²) in [6.07, 6.45) is 0. The van der Waals surface area contributed by atoms with Crippen LogP contribution in [0.1, 0.15) is 6.92 Å². The number of aryl methyl sites for hydroxylation is 1. The van der Waals surface area contributed by atoms with Gasteiger partial charge < -0.3 is 17.3 Å². The Morgan fingerprint density at radius 1 is 1.09 bits per heavy atom. The van der Waals surface area contributed by atoms with E-state index in [1.807, 2.05) is 12.1 Å². The van der Waals surface area contributed by atoms with Gasteiger partial charge in [-0.2, -0.15) is 4.57 Å². The largest absolute Gasteiger partial charge is 1.00 e. The molecule has 0 N–H and O–H groups in total. The van der Waals surface area contributed by atoms with Gasteiger partial charge in [-0.3, -0.25) is 4.79 Å². The summed E-state index contributed by atoms with van der Waals surface area (Å²) in [5.74, 6) is 0.0372. The summed E-state index contributed by atoms with van der Waals surface area (Å²) in [7, 11) is 3.88. The van der Waals surface area contributed by atoms with Crippen LogP contribution in [0.5, 0.6) is 0 Å². The van der Waals surface area contributed by atoms with E-state index in [1.54, 1.807) is 30.2 Å². The molecular weight excluding hydrogens is 316 g/mol. The number of hydrogen-bond donors (Lipinski definition) is 0. The van der Waals surface area contributed by atoms with Crippen LogP contribution in [0.3, 0.4) is 0 Å². The predicted octanol–water partition coefficient (Wildman–Crippen LogP) is 0.379. The number of rotatable bonds is 2. The van der Waals surface area contributed by atoms with Gasteiger partial charge >= 0.3 is 0 Å². The lowest BCUT2D eigenvalue weighted by atomic mass is 10.2. The highest BCUT2D eigenvalue weighted by molar-refractivity contribution is 7.21. The molecule has 0 aliphatic heterocycles. The van der Waals surface area contributed by atoms with E-state index in [1.165, 1.54) is 20.8 Å². The first-order valence-corrected chi connectivity index (χ1v) is 7.62. The summed E-state index contributed by atoms with van der Waals surface area (Å²) < 4.78 is 3.49. The van der Waals surface area contributed by atoms with E-state index < -0.39 is 0 Å². The van der Waals surface area contributed by atoms with Crippen LogP contribution in [0, 0.1) is 0 Å². The lowest BCUT2D eigenvalue weighted by Crippen LogP contribution is -3.00. The van der Waals surface area contributed by atoms with Gasteiger partial charge in [0.2, 0.25) is 11.4 Å². The molecule has 0 bridgehead atoms. The van der Waals surface area contributed by atoms with Gasteiger partial charge in [-0.25, -0.2) is 0 Å². The van der Waals surface area contributed by atoms with Crippen LogP contribution in [0.25, 0.3) is 20.8 Å². The number of hydrogen-bond acceptors (Lipinski definition) is 2. The first-order valence-electron chi connectivity index (χ1n) is 6.80. The summed E-state index contributed by atoms with van der Waals surface area (Å²) in [5.41, 5.74) is 3.32. The fourth-order valence-corrected chi connectivity index (χ4v) is 3.52. The Labute approximate surface area is 140 Å². The quantitative estimate of drug-likeness (QED) is 0.623. The third-order valence-electron chi connectivity index (χ3n) is 3.71. The molecule has 0 saturated heterocycles. The van der Waals surface area contributed by atoms with Crippen molar-refractivity contribution in [2.75, 3.05) is 11.9 Å². The number of carbonyl (C=O) groups is 1. The van der Waals surface area contributed by atoms with E-state index in [9.17, 15) is 4.79 Å². The number of aromatic nitrogens is 1. The van der Waals surface area contributed by atoms with E-state index in [2.05, 4.69) is 48.0 Å². The molecular formula is C17H17ClN2OS. The lowest BCUT2D eigenvalue weighted by molar-refractivity contribution is -0.629. The molecule has 0 spiro atoms. The smallest absolute Gasteiger partial charge is 0.269 e. The van der Waals surface area contributed by atoms with Crippen molar-refractivity contribution in [2.45, 2.75) is 6.92 Å². The lowest BCUT2D eigenvalue weighted by Gasteiger charge is -2.14. The Morgan fingerprint density at radius 2 is 1.73 bits per heavy atom. The fraction of sp³-hybridized carbons (Fsp3) is 0.176. The van der Waals surface area contributed by atoms with Gasteiger partial charge in [-0.05, 0) is 30.3 Å². The van der Waals surface area contributed by atoms with E-state index in [0.717, 1.165) is 5.69 Å². The van der Waals surface area contributed by atoms with E-state index in [-0.39, 0.29) is 18.3 Å². The minimum atomic E-state index is 0. The maximum absolute atomic E-state index is 11.4. The zero-order valence-electron chi connectivity index (χ0n) is 12.7. The number of nitrogens with zero attached hydrogens (tertiary/aromatic N) is 2. The maximum atomic E-state index is 11.4. The van der Waals surface area contributed by atoms with Crippen molar-refractivity contribution in [2.24, 2.45) is 7.05 Å². The zero-order chi connectivity index (χ0) is 15.0. The first-order chi connectivity index (χ1) is 10.1. The fourth-order valence-electron chi connectivity index (χ4n) is 2.36. The number of thiazole rings is 1. The van der Waals surface area contributed by atoms with E-state index >= 15 is 0 Å². The highest BCUT2D eigenvalue weighted by Gasteiger charge is 2.18. The molecule has 0 unspecified atom stereocenters. The third kappa shape index (κ3) is 2.85. The molecule has 0 saturated carbocycles. The monoisotopic (exact) mass is 332 g/mol. The highest BCUT2D eigenvalue weighted by atomic mass is 35.5. The second-order valence-corrected chi connectivity index (χ2v) is 6.09. The molecule has 114 valence electrons. The van der Waals surface area contributed by atoms with Gasteiger partial charge in [0.1, 0.15) is 11.7 Å². The third-order valence-corrected chi connectivity index (χ3v) is 4.98. The average Bonchev–Trinajstić information content (AvgIpc) is 2.84. The molecule has 0 radical (unpaired) electrons. The first kappa shape index (κ1) is 16.5. The number of para-hydroxylation sites is 1. The van der Waals surface area contributed by atoms with Crippen LogP contribution in [-0.4, -0.2) is 13.0 Å². The SMILES string of the molecule is CC(=O)N(C)c1ccc(-c2sc3ccccc3[n+]2C)cc1.[Cl-]. The number of anilines is 1. The average molecular weight is 333 g/mol. The van der Waals surface area contributed by atoms with Gasteiger partial charge in [0.05, 0.1) is 5.56 Å². The predicted molar refractivity (Wildman–Crippen MR) is 87.5 cm³/mol. The molecule has 0 aliphatic rings. The molecule has 0 fully saturated rings. The molecule has 22 heavy (non-hydrogen) atoms. The molecule has 3 aromatic rings. The van der Waals surface area contributed by atoms with Crippen molar-refractivity contribution < 1.29 is 21.8 Å². The Bertz CT molecular complexity index is 811. The molecule has 1 amide bonds. The Morgan fingerprint density at radius 3 is 2.32 bits per heavy atom. The summed E-state index contributed by atoms with van der Waals surface area (Å²) in [6, 6.07) is 16.5. The van der Waals surface area contributed by atoms with Crippen molar-refractivity contribution in [1.29, 1.82) is 0 Å². The van der Waals surface area contributed by atoms with Crippen molar-refractivity contribution in [3.8, 4) is 10.6 Å². The van der Waals surface area contributed by atoms with Crippen molar-refractivity contribution in [1.82, 2.24) is 0 Å². The summed E-state index contributed by atoms with van der Waals surface area (Å²) >= 11 is 1.78. The van der Waals surface area contributed by atoms with Gasteiger partial charge in [0.15, 0.2) is 0 Å². The molecule has 3 nitrogen and oxygen atoms in total. The number of fused-ring (bicyclic) bond motifs is 1. The van der Waals surface area contributed by atoms with Gasteiger partial charge in [0, 0.05) is 25.7 Å². The Kier molecular flexibility index (Phi) is 4.84. The summed E-state index contributed by atoms with van der Waals surface area (Å²) in [6.45, 7) is 1.57. The second-order valence-electron chi connectivity index (χ2n) is 5.06. The number of carbonyl (C=O) groups excluding carboxylic acids is 1. The van der Waals surface area contributed by atoms with Gasteiger partial charge in [0.25, 0.3) is 5.01 Å². The zero-order valence-corrected chi connectivity index (χ0v) is 14.3. The Hall–Kier alpha value is -1.91. The van der Waals surface area contributed by atoms with E-state index in [4.69, 9.17) is 0 Å². The molecule has 3 rings (SSSR count). The van der Waals surface area contributed by atoms with Crippen LogP contribution in [0.15, 0.2) is 48.5 Å². The summed E-state index contributed by atoms with van der Waals surface area (Å²) in [5, 5.41) is 1.22. The van der Waals surface area contributed by atoms with Crippen molar-refractivity contribution >= 4 is 33.1 Å². The molecule has 1 aromatic heterocycles. The number of amides is 1. The second kappa shape index (κ2) is 6.46. The topological polar surface area (TPSA) is 24.2 Å². The van der Waals surface area contributed by atoms with Gasteiger partial charge in [-0.15, -0.1) is 0 Å². The van der Waals surface area contributed by atoms with E-state index in [0.29, 0.717) is 0 Å². The van der Waals surface area contributed by atoms with Crippen LogP contribution < -0.4 is 21.9 Å². The molecule has 1 heterocycles. The minimum absolute atomic E-state index is 0. The van der Waals surface area contributed by atoms with Crippen molar-refractivity contribution in [3.05, 3.63) is 48.5 Å². The van der Waals surface area contributed by atoms with Gasteiger partial charge in [-0.1, -0.05) is 23.5 Å². The minimum Gasteiger partial charge on any atom is -1.00 e. The number of halogens is 1. The van der Waals surface area contributed by atoms with Crippen molar-refractivity contribution in [3.63, 3.8) is 0 Å². The highest BCUT2D eigenvalue weighted by Crippen LogP contribution is 2.29. The van der Waals surface area contributed by atoms with Crippen LogP contribution in [-0.2, 0) is 11.8 Å². The maximum Gasteiger partial charge on any atom is 0.269 e. The Balaban J connectivity index is 0.00000176. The standard InChI is InChI=1S/C17H17N2OS.ClH/c1-12(20)18(2)14-10-8-13(9-11-14)17-19(3)15-6-4-5-7-16(15)21-17;/h4-11H,1-3H3;1H/q+1;/p-1. The van der Waals surface area contributed by atoms with Crippen LogP contribution in [0.2, 0.25) is 0 Å². The van der Waals surface area contributed by atoms with Crippen LogP contribution in [0.4, 0.5) is 5.69 Å². The molecule has 2 aromatic carbocycles.